The van der Waals surface area contributed by atoms with Crippen LogP contribution in [0.25, 0.3) is 0 Å². The number of fused-ring (bicyclic) bond motifs is 3. The summed E-state index contributed by atoms with van der Waals surface area (Å²) in [5.74, 6) is 0.328. The van der Waals surface area contributed by atoms with E-state index in [-0.39, 0.29) is 60.2 Å². The minimum absolute atomic E-state index is 0.00484. The van der Waals surface area contributed by atoms with Gasteiger partial charge in [-0.2, -0.15) is 0 Å². The number of hydrogen-bond acceptors (Lipinski definition) is 7. The second-order valence-electron chi connectivity index (χ2n) is 10.4. The molecule has 4 rings (SSSR count). The van der Waals surface area contributed by atoms with Gasteiger partial charge in [0.1, 0.15) is 12.7 Å². The van der Waals surface area contributed by atoms with E-state index >= 15 is 0 Å². The van der Waals surface area contributed by atoms with Gasteiger partial charge in [0.25, 0.3) is 0 Å². The smallest absolute Gasteiger partial charge is 0.306 e. The van der Waals surface area contributed by atoms with Crippen LogP contribution in [0.1, 0.15) is 52.9 Å². The quantitative estimate of drug-likeness (QED) is 0.458. The van der Waals surface area contributed by atoms with E-state index in [1.807, 2.05) is 0 Å². The first kappa shape index (κ1) is 23.0. The highest BCUT2D eigenvalue weighted by atomic mass is 16.6. The van der Waals surface area contributed by atoms with E-state index in [2.05, 4.69) is 36.3 Å². The highest BCUT2D eigenvalue weighted by Crippen LogP contribution is 2.48. The number of amides is 1. The predicted molar refractivity (Wildman–Crippen MR) is 115 cm³/mol. The van der Waals surface area contributed by atoms with Crippen molar-refractivity contribution in [1.82, 2.24) is 15.5 Å². The zero-order valence-electron chi connectivity index (χ0n) is 19.2. The van der Waals surface area contributed by atoms with Gasteiger partial charge >= 0.3 is 5.97 Å². The van der Waals surface area contributed by atoms with Crippen LogP contribution in [0.5, 0.6) is 0 Å². The molecule has 176 valence electrons. The van der Waals surface area contributed by atoms with Gasteiger partial charge in [0.2, 0.25) is 5.91 Å². The number of rotatable bonds is 7. The monoisotopic (exact) mass is 437 g/mol. The van der Waals surface area contributed by atoms with Gasteiger partial charge in [-0.05, 0) is 39.0 Å². The highest BCUT2D eigenvalue weighted by molar-refractivity contribution is 5.77. The van der Waals surface area contributed by atoms with Crippen LogP contribution in [0.15, 0.2) is 0 Å². The molecule has 0 bridgehead atoms. The minimum Gasteiger partial charge on any atom is -0.462 e. The number of nitrogens with zero attached hydrogens (tertiary/aromatic N) is 1. The lowest BCUT2D eigenvalue weighted by molar-refractivity contribution is -0.237. The molecule has 0 aromatic heterocycles. The topological polar surface area (TPSA) is 89.1 Å². The Hall–Kier alpha value is -1.22. The number of carbonyl (C=O) groups is 2. The van der Waals surface area contributed by atoms with Crippen LogP contribution in [0.4, 0.5) is 0 Å². The van der Waals surface area contributed by atoms with Crippen molar-refractivity contribution < 1.29 is 23.8 Å². The third-order valence-electron chi connectivity index (χ3n) is 7.48. The minimum atomic E-state index is -0.176. The molecule has 6 atom stereocenters. The van der Waals surface area contributed by atoms with E-state index in [1.54, 1.807) is 0 Å². The normalized spacial score (nSPS) is 37.6. The van der Waals surface area contributed by atoms with Gasteiger partial charge < -0.3 is 24.8 Å². The summed E-state index contributed by atoms with van der Waals surface area (Å²) < 4.78 is 18.4. The van der Waals surface area contributed by atoms with Crippen LogP contribution in [-0.4, -0.2) is 80.1 Å². The number of nitrogens with one attached hydrogen (secondary N) is 2. The first-order chi connectivity index (χ1) is 14.8. The molecule has 4 fully saturated rings. The third-order valence-corrected chi connectivity index (χ3v) is 7.48. The summed E-state index contributed by atoms with van der Waals surface area (Å²) in [6.07, 6.45) is 3.77. The summed E-state index contributed by atoms with van der Waals surface area (Å²) in [5.41, 5.74) is -0.176. The van der Waals surface area contributed by atoms with Crippen molar-refractivity contribution in [2.24, 2.45) is 17.8 Å². The standard InChI is InChI=1S/C23H39N3O5/c1-15-11-20(28)30-22-16-5-6-23(2,3)31-17(16)12-18(21(15)22)29-13-19(27)25-7-4-9-26-10-8-24-14-26/h15-18,21-22,24H,4-14H2,1-3H3,(H,25,27). The fraction of sp³-hybridized carbons (Fsp3) is 0.913. The fourth-order valence-electron chi connectivity index (χ4n) is 5.88. The van der Waals surface area contributed by atoms with E-state index in [9.17, 15) is 9.59 Å². The first-order valence-corrected chi connectivity index (χ1v) is 12.0. The van der Waals surface area contributed by atoms with E-state index < -0.39 is 0 Å². The lowest BCUT2D eigenvalue weighted by atomic mass is 9.65. The molecule has 8 heteroatoms. The number of carbonyl (C=O) groups excluding carboxylic acids is 2. The van der Waals surface area contributed by atoms with Gasteiger partial charge in [-0.1, -0.05) is 6.92 Å². The molecule has 31 heavy (non-hydrogen) atoms. The van der Waals surface area contributed by atoms with Gasteiger partial charge in [-0.25, -0.2) is 0 Å². The Morgan fingerprint density at radius 2 is 2.23 bits per heavy atom. The molecule has 0 spiro atoms. The largest absolute Gasteiger partial charge is 0.462 e. The summed E-state index contributed by atoms with van der Waals surface area (Å²) in [6.45, 7) is 11.1. The molecule has 6 unspecified atom stereocenters. The van der Waals surface area contributed by atoms with Gasteiger partial charge in [0.15, 0.2) is 0 Å². The van der Waals surface area contributed by atoms with Crippen LogP contribution in [-0.2, 0) is 23.8 Å². The van der Waals surface area contributed by atoms with E-state index in [4.69, 9.17) is 14.2 Å². The molecule has 3 heterocycles. The van der Waals surface area contributed by atoms with E-state index in [0.717, 1.165) is 52.0 Å². The van der Waals surface area contributed by atoms with Crippen molar-refractivity contribution in [2.45, 2.75) is 76.8 Å². The Balaban J connectivity index is 1.30. The fourth-order valence-corrected chi connectivity index (χ4v) is 5.88. The van der Waals surface area contributed by atoms with Crippen LogP contribution < -0.4 is 10.6 Å². The van der Waals surface area contributed by atoms with Crippen molar-refractivity contribution in [1.29, 1.82) is 0 Å². The second-order valence-corrected chi connectivity index (χ2v) is 10.4. The van der Waals surface area contributed by atoms with Crippen molar-refractivity contribution in [3.63, 3.8) is 0 Å². The van der Waals surface area contributed by atoms with Gasteiger partial charge in [0, 0.05) is 57.5 Å². The summed E-state index contributed by atoms with van der Waals surface area (Å²) in [4.78, 5) is 26.9. The van der Waals surface area contributed by atoms with Crippen molar-refractivity contribution in [3.8, 4) is 0 Å². The Morgan fingerprint density at radius 1 is 1.39 bits per heavy atom. The molecule has 0 aromatic rings. The number of ether oxygens (including phenoxy) is 3. The maximum Gasteiger partial charge on any atom is 0.306 e. The summed E-state index contributed by atoms with van der Waals surface area (Å²) in [6, 6.07) is 0. The average molecular weight is 438 g/mol. The summed E-state index contributed by atoms with van der Waals surface area (Å²) >= 11 is 0. The van der Waals surface area contributed by atoms with Crippen LogP contribution in [0.2, 0.25) is 0 Å². The molecule has 1 saturated carbocycles. The molecule has 0 radical (unpaired) electrons. The van der Waals surface area contributed by atoms with E-state index in [1.165, 1.54) is 0 Å². The maximum atomic E-state index is 12.4. The van der Waals surface area contributed by atoms with Gasteiger partial charge in [0.05, 0.1) is 17.8 Å². The molecule has 0 aromatic carbocycles. The lowest BCUT2D eigenvalue weighted by Crippen LogP contribution is -2.60. The molecule has 8 nitrogen and oxygen atoms in total. The van der Waals surface area contributed by atoms with Crippen molar-refractivity contribution >= 4 is 11.9 Å². The zero-order valence-corrected chi connectivity index (χ0v) is 19.2. The number of esters is 1. The summed E-state index contributed by atoms with van der Waals surface area (Å²) in [5, 5.41) is 6.29. The predicted octanol–water partition coefficient (Wildman–Crippen LogP) is 1.29. The SMILES string of the molecule is CC1CC(=O)OC2C3CCC(C)(C)OC3CC(OCC(=O)NCCCN3CCNC3)C12. The third kappa shape index (κ3) is 5.59. The Labute approximate surface area is 185 Å². The molecular weight excluding hydrogens is 398 g/mol. The van der Waals surface area contributed by atoms with Crippen molar-refractivity contribution in [2.75, 3.05) is 39.5 Å². The Kier molecular flexibility index (Phi) is 7.20. The summed E-state index contributed by atoms with van der Waals surface area (Å²) in [7, 11) is 0. The molecule has 3 saturated heterocycles. The second kappa shape index (κ2) is 9.73. The molecule has 1 amide bonds. The molecule has 4 aliphatic rings. The highest BCUT2D eigenvalue weighted by Gasteiger charge is 2.54. The van der Waals surface area contributed by atoms with Gasteiger partial charge in [-0.3, -0.25) is 14.5 Å². The molecule has 1 aliphatic carbocycles. The lowest BCUT2D eigenvalue weighted by Gasteiger charge is -2.54. The molecule has 3 aliphatic heterocycles. The Bertz CT molecular complexity index is 651. The molecule has 2 N–H and O–H groups in total. The van der Waals surface area contributed by atoms with Crippen molar-refractivity contribution in [3.05, 3.63) is 0 Å². The maximum absolute atomic E-state index is 12.4. The molecular formula is C23H39N3O5. The van der Waals surface area contributed by atoms with Crippen LogP contribution >= 0.6 is 0 Å². The first-order valence-electron chi connectivity index (χ1n) is 12.0. The zero-order chi connectivity index (χ0) is 22.0. The van der Waals surface area contributed by atoms with Gasteiger partial charge in [-0.15, -0.1) is 0 Å². The van der Waals surface area contributed by atoms with E-state index in [0.29, 0.717) is 13.0 Å². The Morgan fingerprint density at radius 3 is 3.00 bits per heavy atom. The number of hydrogen-bond donors (Lipinski definition) is 2. The van der Waals surface area contributed by atoms with Crippen LogP contribution in [0.3, 0.4) is 0 Å². The average Bonchev–Trinajstić information content (AvgIpc) is 3.21. The van der Waals surface area contributed by atoms with Crippen LogP contribution in [0, 0.1) is 17.8 Å².